The summed E-state index contributed by atoms with van der Waals surface area (Å²) >= 11 is 7.38. The third-order valence-electron chi connectivity index (χ3n) is 2.48. The summed E-state index contributed by atoms with van der Waals surface area (Å²) in [6, 6.07) is 0. The van der Waals surface area contributed by atoms with Crippen molar-refractivity contribution in [3.8, 4) is 0 Å². The van der Waals surface area contributed by atoms with Gasteiger partial charge in [-0.2, -0.15) is 5.10 Å². The number of hydrogen-bond donors (Lipinski definition) is 2. The van der Waals surface area contributed by atoms with E-state index in [0.717, 1.165) is 16.4 Å². The number of halogens is 1. The zero-order chi connectivity index (χ0) is 13.1. The number of carbonyl (C=O) groups is 1. The lowest BCUT2D eigenvalue weighted by Crippen LogP contribution is -2.25. The summed E-state index contributed by atoms with van der Waals surface area (Å²) in [5.74, 6) is -0.124. The summed E-state index contributed by atoms with van der Waals surface area (Å²) in [5, 5.41) is 10.3. The lowest BCUT2D eigenvalue weighted by molar-refractivity contribution is 0.0953. The third-order valence-corrected chi connectivity index (χ3v) is 3.99. The molecule has 0 aliphatic carbocycles. The van der Waals surface area contributed by atoms with Crippen molar-refractivity contribution in [1.82, 2.24) is 20.5 Å². The lowest BCUT2D eigenvalue weighted by atomic mass is 10.2. The molecule has 2 rings (SSSR count). The molecule has 96 valence electrons. The number of hydrogen-bond acceptors (Lipinski definition) is 4. The van der Waals surface area contributed by atoms with Gasteiger partial charge < -0.3 is 5.32 Å². The van der Waals surface area contributed by atoms with Crippen LogP contribution in [0.25, 0.3) is 0 Å². The minimum Gasteiger partial charge on any atom is -0.352 e. The number of nitrogens with zero attached hydrogens (tertiary/aromatic N) is 2. The van der Waals surface area contributed by atoms with Crippen molar-refractivity contribution >= 4 is 28.8 Å². The van der Waals surface area contributed by atoms with Gasteiger partial charge in [0.15, 0.2) is 0 Å². The number of aromatic nitrogens is 3. The highest BCUT2D eigenvalue weighted by Crippen LogP contribution is 2.23. The number of carbonyl (C=O) groups excluding carboxylic acids is 1. The Morgan fingerprint density at radius 1 is 1.56 bits per heavy atom. The Labute approximate surface area is 114 Å². The molecule has 0 aromatic carbocycles. The van der Waals surface area contributed by atoms with Crippen LogP contribution in [0.1, 0.15) is 26.8 Å². The van der Waals surface area contributed by atoms with E-state index < -0.39 is 0 Å². The van der Waals surface area contributed by atoms with Gasteiger partial charge in [0.05, 0.1) is 22.5 Å². The molecule has 2 heterocycles. The first-order chi connectivity index (χ1) is 8.58. The van der Waals surface area contributed by atoms with E-state index in [1.807, 2.05) is 13.8 Å². The monoisotopic (exact) mass is 284 g/mol. The van der Waals surface area contributed by atoms with E-state index in [1.165, 1.54) is 17.5 Å². The largest absolute Gasteiger partial charge is 0.352 e. The van der Waals surface area contributed by atoms with Gasteiger partial charge in [-0.25, -0.2) is 4.98 Å². The average Bonchev–Trinajstić information content (AvgIpc) is 2.86. The van der Waals surface area contributed by atoms with Gasteiger partial charge in [0.1, 0.15) is 4.34 Å². The first kappa shape index (κ1) is 13.0. The highest BCUT2D eigenvalue weighted by atomic mass is 35.5. The zero-order valence-electron chi connectivity index (χ0n) is 10.1. The Morgan fingerprint density at radius 3 is 2.89 bits per heavy atom. The zero-order valence-corrected chi connectivity index (χ0v) is 11.7. The van der Waals surface area contributed by atoms with Gasteiger partial charge in [0, 0.05) is 18.7 Å². The second kappa shape index (κ2) is 5.49. The minimum atomic E-state index is -0.124. The quantitative estimate of drug-likeness (QED) is 0.903. The van der Waals surface area contributed by atoms with Crippen molar-refractivity contribution < 1.29 is 4.79 Å². The Kier molecular flexibility index (Phi) is 3.98. The van der Waals surface area contributed by atoms with Gasteiger partial charge in [0.2, 0.25) is 0 Å². The molecule has 5 nitrogen and oxygen atoms in total. The minimum absolute atomic E-state index is 0.124. The Morgan fingerprint density at radius 2 is 2.33 bits per heavy atom. The maximum absolute atomic E-state index is 11.8. The topological polar surface area (TPSA) is 70.7 Å². The molecule has 0 aliphatic rings. The molecule has 0 fully saturated rings. The van der Waals surface area contributed by atoms with Crippen molar-refractivity contribution in [2.75, 3.05) is 6.54 Å². The van der Waals surface area contributed by atoms with Crippen molar-refractivity contribution in [3.63, 3.8) is 0 Å². The van der Waals surface area contributed by atoms with E-state index in [1.54, 1.807) is 0 Å². The number of thiazole rings is 1. The van der Waals surface area contributed by atoms with Crippen LogP contribution in [-0.2, 0) is 6.42 Å². The van der Waals surface area contributed by atoms with E-state index in [-0.39, 0.29) is 5.91 Å². The highest BCUT2D eigenvalue weighted by Gasteiger charge is 2.10. The maximum Gasteiger partial charge on any atom is 0.254 e. The second-order valence-electron chi connectivity index (χ2n) is 3.88. The molecule has 18 heavy (non-hydrogen) atoms. The first-order valence-corrected chi connectivity index (χ1v) is 6.67. The van der Waals surface area contributed by atoms with Crippen LogP contribution in [0.5, 0.6) is 0 Å². The summed E-state index contributed by atoms with van der Waals surface area (Å²) in [4.78, 5) is 16.1. The molecule has 1 amide bonds. The van der Waals surface area contributed by atoms with E-state index >= 15 is 0 Å². The highest BCUT2D eigenvalue weighted by molar-refractivity contribution is 7.16. The van der Waals surface area contributed by atoms with Crippen LogP contribution < -0.4 is 5.32 Å². The molecular formula is C11H13ClN4OS. The summed E-state index contributed by atoms with van der Waals surface area (Å²) in [6.45, 7) is 4.22. The van der Waals surface area contributed by atoms with Gasteiger partial charge in [-0.05, 0) is 13.8 Å². The van der Waals surface area contributed by atoms with Crippen LogP contribution in [0, 0.1) is 13.8 Å². The molecule has 0 saturated carbocycles. The van der Waals surface area contributed by atoms with E-state index in [4.69, 9.17) is 11.6 Å². The Hall–Kier alpha value is -1.40. The number of aryl methyl sites for hydroxylation is 2. The number of amides is 1. The molecule has 0 unspecified atom stereocenters. The summed E-state index contributed by atoms with van der Waals surface area (Å²) in [6.07, 6.45) is 2.20. The van der Waals surface area contributed by atoms with Crippen LogP contribution in [0.15, 0.2) is 6.20 Å². The Bertz CT molecular complexity index is 544. The second-order valence-corrected chi connectivity index (χ2v) is 5.57. The van der Waals surface area contributed by atoms with Gasteiger partial charge in [-0.1, -0.05) is 11.6 Å². The van der Waals surface area contributed by atoms with Crippen molar-refractivity contribution in [3.05, 3.63) is 32.5 Å². The van der Waals surface area contributed by atoms with Crippen molar-refractivity contribution in [2.45, 2.75) is 20.3 Å². The number of nitrogens with one attached hydrogen (secondary N) is 2. The van der Waals surface area contributed by atoms with E-state index in [0.29, 0.717) is 22.9 Å². The average molecular weight is 285 g/mol. The van der Waals surface area contributed by atoms with E-state index in [9.17, 15) is 4.79 Å². The normalized spacial score (nSPS) is 10.6. The summed E-state index contributed by atoms with van der Waals surface area (Å²) < 4.78 is 0.710. The van der Waals surface area contributed by atoms with Gasteiger partial charge >= 0.3 is 0 Å². The third kappa shape index (κ3) is 2.88. The van der Waals surface area contributed by atoms with Gasteiger partial charge in [0.25, 0.3) is 5.91 Å². The predicted molar refractivity (Wildman–Crippen MR) is 71.2 cm³/mol. The number of rotatable bonds is 4. The fraction of sp³-hybridized carbons (Fsp3) is 0.364. The molecule has 0 atom stereocenters. The SMILES string of the molecule is Cc1nc(CCNC(=O)c2cn[nH]c2C)sc1Cl. The molecule has 0 saturated heterocycles. The van der Waals surface area contributed by atoms with Gasteiger partial charge in [-0.3, -0.25) is 9.89 Å². The molecule has 0 spiro atoms. The smallest absolute Gasteiger partial charge is 0.254 e. The first-order valence-electron chi connectivity index (χ1n) is 5.48. The molecule has 0 radical (unpaired) electrons. The molecule has 2 aromatic heterocycles. The van der Waals surface area contributed by atoms with Crippen LogP contribution in [0.2, 0.25) is 4.34 Å². The fourth-order valence-corrected chi connectivity index (χ4v) is 2.59. The number of aromatic amines is 1. The van der Waals surface area contributed by atoms with Crippen LogP contribution >= 0.6 is 22.9 Å². The fourth-order valence-electron chi connectivity index (χ4n) is 1.50. The molecule has 0 aliphatic heterocycles. The van der Waals surface area contributed by atoms with Crippen LogP contribution in [0.3, 0.4) is 0 Å². The number of H-pyrrole nitrogens is 1. The molecule has 2 aromatic rings. The summed E-state index contributed by atoms with van der Waals surface area (Å²) in [7, 11) is 0. The lowest BCUT2D eigenvalue weighted by Gasteiger charge is -2.02. The predicted octanol–water partition coefficient (Wildman–Crippen LogP) is 2.11. The maximum atomic E-state index is 11.8. The van der Waals surface area contributed by atoms with Gasteiger partial charge in [-0.15, -0.1) is 11.3 Å². The summed E-state index contributed by atoms with van der Waals surface area (Å²) in [5.41, 5.74) is 2.18. The molecule has 0 bridgehead atoms. The molecular weight excluding hydrogens is 272 g/mol. The standard InChI is InChI=1S/C11H13ClN4OS/c1-6-8(5-14-16-6)11(17)13-4-3-9-15-7(2)10(12)18-9/h5H,3-4H2,1-2H3,(H,13,17)(H,14,16). The Balaban J connectivity index is 1.86. The van der Waals surface area contributed by atoms with Crippen molar-refractivity contribution in [2.24, 2.45) is 0 Å². The molecule has 7 heteroatoms. The van der Waals surface area contributed by atoms with E-state index in [2.05, 4.69) is 20.5 Å². The van der Waals surface area contributed by atoms with Crippen LogP contribution in [0.4, 0.5) is 0 Å². The van der Waals surface area contributed by atoms with Crippen molar-refractivity contribution in [1.29, 1.82) is 0 Å². The molecule has 2 N–H and O–H groups in total. The van der Waals surface area contributed by atoms with Crippen LogP contribution in [-0.4, -0.2) is 27.6 Å².